The first-order valence-corrected chi connectivity index (χ1v) is 13.0. The van der Waals surface area contributed by atoms with Crippen molar-refractivity contribution in [3.05, 3.63) is 34.2 Å². The number of carbonyl (C=O) groups is 2. The molecule has 2 N–H and O–H groups in total. The maximum absolute atomic E-state index is 13.1. The van der Waals surface area contributed by atoms with Gasteiger partial charge in [-0.25, -0.2) is 4.79 Å². The number of rotatable bonds is 4. The Morgan fingerprint density at radius 3 is 2.35 bits per heavy atom. The molecule has 2 aromatic rings. The van der Waals surface area contributed by atoms with E-state index in [1.165, 1.54) is 44.3 Å². The molecule has 1 aromatic heterocycles. The third-order valence-electron chi connectivity index (χ3n) is 9.09. The second-order valence-electron chi connectivity index (χ2n) is 10.8. The summed E-state index contributed by atoms with van der Waals surface area (Å²) in [5.41, 5.74) is 3.19. The fourth-order valence-corrected chi connectivity index (χ4v) is 6.99. The Bertz CT molecular complexity index is 1180. The summed E-state index contributed by atoms with van der Waals surface area (Å²) in [6, 6.07) is 5.66. The normalized spacial score (nSPS) is 26.7. The van der Waals surface area contributed by atoms with Gasteiger partial charge in [0.05, 0.1) is 11.0 Å². The van der Waals surface area contributed by atoms with Crippen molar-refractivity contribution in [3.63, 3.8) is 0 Å². The van der Waals surface area contributed by atoms with Crippen LogP contribution in [0, 0.1) is 5.92 Å². The number of amides is 2. The van der Waals surface area contributed by atoms with Gasteiger partial charge in [-0.05, 0) is 101 Å². The molecule has 1 saturated carbocycles. The van der Waals surface area contributed by atoms with Crippen LogP contribution in [0.3, 0.4) is 0 Å². The van der Waals surface area contributed by atoms with Crippen molar-refractivity contribution >= 4 is 22.8 Å². The zero-order chi connectivity index (χ0) is 23.4. The lowest BCUT2D eigenvalue weighted by Gasteiger charge is -2.43. The average molecular weight is 466 g/mol. The number of aryl methyl sites for hydroxylation is 1. The molecule has 0 spiro atoms. The first-order chi connectivity index (χ1) is 16.5. The van der Waals surface area contributed by atoms with Crippen LogP contribution in [0.1, 0.15) is 68.9 Å². The second-order valence-corrected chi connectivity index (χ2v) is 10.8. The number of nitrogens with zero attached hydrogens (tertiary/aromatic N) is 3. The SMILES string of the molecule is Cn1c(=O)n(C2CCC(=O)NC2=O)c2ccc(C3CCN(C4(C5CCNCC5)CC4)CC3)cc21. The van der Waals surface area contributed by atoms with Crippen LogP contribution in [0.25, 0.3) is 11.0 Å². The lowest BCUT2D eigenvalue weighted by Crippen LogP contribution is -2.49. The van der Waals surface area contributed by atoms with Crippen LogP contribution in [0.4, 0.5) is 0 Å². The molecule has 1 atom stereocenters. The maximum atomic E-state index is 13.1. The summed E-state index contributed by atoms with van der Waals surface area (Å²) in [7, 11) is 1.77. The van der Waals surface area contributed by atoms with E-state index in [4.69, 9.17) is 0 Å². The van der Waals surface area contributed by atoms with Crippen LogP contribution in [-0.2, 0) is 16.6 Å². The van der Waals surface area contributed by atoms with Crippen LogP contribution >= 0.6 is 0 Å². The predicted molar refractivity (Wildman–Crippen MR) is 130 cm³/mol. The van der Waals surface area contributed by atoms with E-state index < -0.39 is 6.04 Å². The van der Waals surface area contributed by atoms with Crippen LogP contribution in [0.15, 0.2) is 23.0 Å². The molecule has 1 aromatic carbocycles. The first kappa shape index (κ1) is 22.0. The molecule has 6 rings (SSSR count). The van der Waals surface area contributed by atoms with Crippen molar-refractivity contribution in [1.82, 2.24) is 24.7 Å². The number of hydrogen-bond acceptors (Lipinski definition) is 5. The largest absolute Gasteiger partial charge is 0.329 e. The van der Waals surface area contributed by atoms with Gasteiger partial charge in [0, 0.05) is 19.0 Å². The summed E-state index contributed by atoms with van der Waals surface area (Å²) < 4.78 is 3.22. The number of fused-ring (bicyclic) bond motifs is 1. The van der Waals surface area contributed by atoms with Crippen molar-refractivity contribution in [3.8, 4) is 0 Å². The van der Waals surface area contributed by atoms with Gasteiger partial charge in [-0.2, -0.15) is 0 Å². The van der Waals surface area contributed by atoms with E-state index in [1.807, 2.05) is 6.07 Å². The molecule has 4 aliphatic rings. The van der Waals surface area contributed by atoms with Crippen LogP contribution < -0.4 is 16.3 Å². The molecule has 3 saturated heterocycles. The topological polar surface area (TPSA) is 88.4 Å². The lowest BCUT2D eigenvalue weighted by molar-refractivity contribution is -0.135. The Morgan fingerprint density at radius 2 is 1.68 bits per heavy atom. The summed E-state index contributed by atoms with van der Waals surface area (Å²) in [6.45, 7) is 4.64. The van der Waals surface area contributed by atoms with Gasteiger partial charge in [0.15, 0.2) is 0 Å². The van der Waals surface area contributed by atoms with Gasteiger partial charge >= 0.3 is 5.69 Å². The molecule has 182 valence electrons. The first-order valence-electron chi connectivity index (χ1n) is 13.0. The minimum absolute atomic E-state index is 0.200. The number of piperidine rings is 3. The molecule has 0 radical (unpaired) electrons. The summed E-state index contributed by atoms with van der Waals surface area (Å²) in [4.78, 5) is 39.9. The van der Waals surface area contributed by atoms with E-state index in [1.54, 1.807) is 16.2 Å². The highest BCUT2D eigenvalue weighted by atomic mass is 16.2. The van der Waals surface area contributed by atoms with Crippen molar-refractivity contribution in [2.75, 3.05) is 26.2 Å². The van der Waals surface area contributed by atoms with Gasteiger partial charge in [-0.15, -0.1) is 0 Å². The Balaban J connectivity index is 1.21. The van der Waals surface area contributed by atoms with E-state index in [0.717, 1.165) is 42.9 Å². The van der Waals surface area contributed by atoms with Crippen molar-refractivity contribution < 1.29 is 9.59 Å². The molecule has 1 unspecified atom stereocenters. The number of carbonyl (C=O) groups excluding carboxylic acids is 2. The zero-order valence-electron chi connectivity index (χ0n) is 20.0. The molecule has 4 heterocycles. The van der Waals surface area contributed by atoms with E-state index >= 15 is 0 Å². The van der Waals surface area contributed by atoms with Gasteiger partial charge < -0.3 is 5.32 Å². The number of likely N-dealkylation sites (tertiary alicyclic amines) is 1. The van der Waals surface area contributed by atoms with Gasteiger partial charge in [0.2, 0.25) is 11.8 Å². The number of nitrogens with one attached hydrogen (secondary N) is 2. The van der Waals surface area contributed by atoms with Crippen LogP contribution in [0.5, 0.6) is 0 Å². The number of hydrogen-bond donors (Lipinski definition) is 2. The van der Waals surface area contributed by atoms with Gasteiger partial charge in [-0.3, -0.25) is 28.9 Å². The van der Waals surface area contributed by atoms with E-state index in [-0.39, 0.29) is 23.9 Å². The van der Waals surface area contributed by atoms with Crippen molar-refractivity contribution in [1.29, 1.82) is 0 Å². The van der Waals surface area contributed by atoms with Gasteiger partial charge in [0.25, 0.3) is 0 Å². The molecular formula is C26H35N5O3. The molecule has 0 bridgehead atoms. The summed E-state index contributed by atoms with van der Waals surface area (Å²) >= 11 is 0. The summed E-state index contributed by atoms with van der Waals surface area (Å²) in [5.74, 6) is 0.697. The minimum Gasteiger partial charge on any atom is -0.317 e. The highest BCUT2D eigenvalue weighted by Gasteiger charge is 2.53. The third-order valence-corrected chi connectivity index (χ3v) is 9.09. The fraction of sp³-hybridized carbons (Fsp3) is 0.654. The highest BCUT2D eigenvalue weighted by molar-refractivity contribution is 6.00. The quantitative estimate of drug-likeness (QED) is 0.675. The van der Waals surface area contributed by atoms with Crippen molar-refractivity contribution in [2.24, 2.45) is 13.0 Å². The molecule has 3 aliphatic heterocycles. The molecular weight excluding hydrogens is 430 g/mol. The molecule has 8 nitrogen and oxygen atoms in total. The van der Waals surface area contributed by atoms with E-state index in [2.05, 4.69) is 27.7 Å². The highest BCUT2D eigenvalue weighted by Crippen LogP contribution is 2.52. The van der Waals surface area contributed by atoms with Crippen molar-refractivity contribution in [2.45, 2.75) is 68.9 Å². The number of imidazole rings is 1. The summed E-state index contributed by atoms with van der Waals surface area (Å²) in [5, 5.41) is 5.90. The van der Waals surface area contributed by atoms with Crippen LogP contribution in [0.2, 0.25) is 0 Å². The van der Waals surface area contributed by atoms with E-state index in [9.17, 15) is 14.4 Å². The molecule has 2 amide bonds. The Kier molecular flexibility index (Phi) is 5.41. The number of imide groups is 1. The minimum atomic E-state index is -0.632. The summed E-state index contributed by atoms with van der Waals surface area (Å²) in [6.07, 6.45) is 8.29. The zero-order valence-corrected chi connectivity index (χ0v) is 20.0. The second kappa shape index (κ2) is 8.34. The van der Waals surface area contributed by atoms with Gasteiger partial charge in [-0.1, -0.05) is 6.07 Å². The Labute approximate surface area is 199 Å². The molecule has 8 heteroatoms. The molecule has 34 heavy (non-hydrogen) atoms. The van der Waals surface area contributed by atoms with Gasteiger partial charge in [0.1, 0.15) is 6.04 Å². The number of aromatic nitrogens is 2. The monoisotopic (exact) mass is 465 g/mol. The fourth-order valence-electron chi connectivity index (χ4n) is 6.99. The molecule has 1 aliphatic carbocycles. The van der Waals surface area contributed by atoms with E-state index in [0.29, 0.717) is 17.9 Å². The third kappa shape index (κ3) is 3.53. The smallest absolute Gasteiger partial charge is 0.317 e. The standard InChI is InChI=1S/C26H35N5O3/c1-29-22-16-18(2-3-20(22)31(25(29)34)21-4-5-23(32)28-24(21)33)17-8-14-30(15-9-17)26(10-11-26)19-6-12-27-13-7-19/h2-3,16-17,19,21,27H,4-15H2,1H3,(H,28,32,33). The lowest BCUT2D eigenvalue weighted by atomic mass is 9.83. The molecule has 4 fully saturated rings. The Morgan fingerprint density at radius 1 is 0.941 bits per heavy atom. The number of benzene rings is 1. The van der Waals surface area contributed by atoms with Crippen LogP contribution in [-0.4, -0.2) is 57.6 Å². The average Bonchev–Trinajstić information content (AvgIpc) is 3.64. The maximum Gasteiger partial charge on any atom is 0.329 e. The Hall–Kier alpha value is -2.45. The predicted octanol–water partition coefficient (Wildman–Crippen LogP) is 2.03.